The number of hydrogen-bond donors (Lipinski definition) is 2. The molecule has 164 valence electrons. The first kappa shape index (κ1) is 20.9. The van der Waals surface area contributed by atoms with E-state index in [2.05, 4.69) is 33.2 Å². The molecule has 0 aliphatic carbocycles. The fourth-order valence-corrected chi connectivity index (χ4v) is 5.31. The van der Waals surface area contributed by atoms with E-state index >= 15 is 0 Å². The summed E-state index contributed by atoms with van der Waals surface area (Å²) in [5.41, 5.74) is 4.44. The molecule has 1 saturated heterocycles. The van der Waals surface area contributed by atoms with Gasteiger partial charge in [-0.15, -0.1) is 0 Å². The summed E-state index contributed by atoms with van der Waals surface area (Å²) in [6.07, 6.45) is 0.557. The van der Waals surface area contributed by atoms with Gasteiger partial charge >= 0.3 is 0 Å². The molecule has 3 aliphatic heterocycles. The van der Waals surface area contributed by atoms with Crippen LogP contribution in [0.1, 0.15) is 39.9 Å². The van der Waals surface area contributed by atoms with Crippen LogP contribution in [0.3, 0.4) is 0 Å². The minimum Gasteiger partial charge on any atom is -0.376 e. The van der Waals surface area contributed by atoms with Crippen LogP contribution < -0.4 is 10.6 Å². The van der Waals surface area contributed by atoms with Crippen molar-refractivity contribution in [1.82, 2.24) is 15.1 Å². The van der Waals surface area contributed by atoms with Gasteiger partial charge in [-0.2, -0.15) is 0 Å². The van der Waals surface area contributed by atoms with Crippen molar-refractivity contribution < 1.29 is 19.2 Å². The van der Waals surface area contributed by atoms with Crippen molar-refractivity contribution in [1.29, 1.82) is 0 Å². The standard InChI is InChI=1S/C23H21IN4O4/c24-18-8-15(25-9-21(30)27-10-13-3-1-2-4-14(13)11-27)7-16-17(18)12-28(23(16)32)19-5-6-20(29)26-22(19)31/h1-4,7-8,19,25H,5-6,9-12H2,(H,26,29,31). The number of halogens is 1. The van der Waals surface area contributed by atoms with Crippen LogP contribution in [-0.4, -0.2) is 46.0 Å². The van der Waals surface area contributed by atoms with Gasteiger partial charge in [-0.1, -0.05) is 24.3 Å². The summed E-state index contributed by atoms with van der Waals surface area (Å²) in [6, 6.07) is 11.1. The molecule has 2 N–H and O–H groups in total. The average molecular weight is 544 g/mol. The second-order valence-corrected chi connectivity index (χ2v) is 9.42. The molecule has 0 aromatic heterocycles. The summed E-state index contributed by atoms with van der Waals surface area (Å²) in [7, 11) is 0. The molecule has 0 bridgehead atoms. The summed E-state index contributed by atoms with van der Waals surface area (Å²) >= 11 is 2.18. The zero-order valence-corrected chi connectivity index (χ0v) is 19.3. The number of anilines is 1. The van der Waals surface area contributed by atoms with E-state index in [1.165, 1.54) is 16.0 Å². The van der Waals surface area contributed by atoms with Crippen molar-refractivity contribution in [2.24, 2.45) is 0 Å². The topological polar surface area (TPSA) is 98.8 Å². The SMILES string of the molecule is O=C1CCC(N2Cc3c(I)cc(NCC(=O)N4Cc5ccccc5C4)cc3C2=O)C(=O)N1. The third-order valence-electron chi connectivity index (χ3n) is 6.24. The quantitative estimate of drug-likeness (QED) is 0.454. The van der Waals surface area contributed by atoms with Crippen LogP contribution in [0.2, 0.25) is 0 Å². The van der Waals surface area contributed by atoms with Crippen molar-refractivity contribution in [2.45, 2.75) is 38.5 Å². The molecule has 0 spiro atoms. The van der Waals surface area contributed by atoms with Gasteiger partial charge < -0.3 is 15.1 Å². The first-order valence-corrected chi connectivity index (χ1v) is 11.5. The molecule has 1 atom stereocenters. The molecule has 32 heavy (non-hydrogen) atoms. The molecule has 0 saturated carbocycles. The maximum absolute atomic E-state index is 13.1. The lowest BCUT2D eigenvalue weighted by Crippen LogP contribution is -2.52. The van der Waals surface area contributed by atoms with Crippen LogP contribution in [0.15, 0.2) is 36.4 Å². The molecule has 1 unspecified atom stereocenters. The van der Waals surface area contributed by atoms with Crippen LogP contribution in [0.4, 0.5) is 5.69 Å². The summed E-state index contributed by atoms with van der Waals surface area (Å²) in [5, 5.41) is 5.48. The number of benzene rings is 2. The fourth-order valence-electron chi connectivity index (χ4n) is 4.52. The second-order valence-electron chi connectivity index (χ2n) is 8.26. The number of nitrogens with zero attached hydrogens (tertiary/aromatic N) is 2. The zero-order chi connectivity index (χ0) is 22.4. The van der Waals surface area contributed by atoms with Gasteiger partial charge in [0.2, 0.25) is 17.7 Å². The van der Waals surface area contributed by atoms with Gasteiger partial charge in [0.25, 0.3) is 5.91 Å². The molecular weight excluding hydrogens is 523 g/mol. The molecule has 5 rings (SSSR count). The van der Waals surface area contributed by atoms with Crippen LogP contribution in [0.25, 0.3) is 0 Å². The number of hydrogen-bond acceptors (Lipinski definition) is 5. The average Bonchev–Trinajstić information content (AvgIpc) is 3.34. The van der Waals surface area contributed by atoms with E-state index in [4.69, 9.17) is 0 Å². The first-order valence-electron chi connectivity index (χ1n) is 10.5. The van der Waals surface area contributed by atoms with Crippen molar-refractivity contribution >= 4 is 51.9 Å². The number of carbonyl (C=O) groups is 4. The maximum Gasteiger partial charge on any atom is 0.255 e. The van der Waals surface area contributed by atoms with Gasteiger partial charge in [0.1, 0.15) is 6.04 Å². The Balaban J connectivity index is 1.26. The molecule has 2 aromatic carbocycles. The smallest absolute Gasteiger partial charge is 0.255 e. The highest BCUT2D eigenvalue weighted by Gasteiger charge is 2.40. The summed E-state index contributed by atoms with van der Waals surface area (Å²) < 4.78 is 0.895. The van der Waals surface area contributed by atoms with Gasteiger partial charge in [0.05, 0.1) is 6.54 Å². The van der Waals surface area contributed by atoms with Crippen molar-refractivity contribution in [3.63, 3.8) is 0 Å². The van der Waals surface area contributed by atoms with E-state index in [1.807, 2.05) is 35.2 Å². The van der Waals surface area contributed by atoms with Gasteiger partial charge in [-0.05, 0) is 57.8 Å². The number of piperidine rings is 1. The number of rotatable bonds is 4. The summed E-state index contributed by atoms with van der Waals surface area (Å²) in [4.78, 5) is 52.8. The molecule has 2 aromatic rings. The van der Waals surface area contributed by atoms with Crippen LogP contribution in [-0.2, 0) is 34.0 Å². The summed E-state index contributed by atoms with van der Waals surface area (Å²) in [6.45, 7) is 1.69. The van der Waals surface area contributed by atoms with E-state index in [9.17, 15) is 19.2 Å². The third-order valence-corrected chi connectivity index (χ3v) is 7.20. The second kappa shape index (κ2) is 8.19. The largest absolute Gasteiger partial charge is 0.376 e. The van der Waals surface area contributed by atoms with Crippen molar-refractivity contribution in [3.8, 4) is 0 Å². The molecule has 1 fully saturated rings. The predicted molar refractivity (Wildman–Crippen MR) is 124 cm³/mol. The number of carbonyl (C=O) groups excluding carboxylic acids is 4. The van der Waals surface area contributed by atoms with Gasteiger partial charge in [0.15, 0.2) is 0 Å². The molecule has 8 nitrogen and oxygen atoms in total. The highest BCUT2D eigenvalue weighted by molar-refractivity contribution is 14.1. The Kier molecular flexibility index (Phi) is 5.36. The van der Waals surface area contributed by atoms with Crippen LogP contribution >= 0.6 is 22.6 Å². The Hall–Kier alpha value is -2.95. The first-order chi connectivity index (χ1) is 15.4. The number of fused-ring (bicyclic) bond motifs is 2. The molecular formula is C23H21IN4O4. The van der Waals surface area contributed by atoms with E-state index in [0.29, 0.717) is 37.3 Å². The van der Waals surface area contributed by atoms with Crippen molar-refractivity contribution in [3.05, 3.63) is 62.2 Å². The highest BCUT2D eigenvalue weighted by Crippen LogP contribution is 2.33. The summed E-state index contributed by atoms with van der Waals surface area (Å²) in [5.74, 6) is -0.958. The molecule has 3 heterocycles. The van der Waals surface area contributed by atoms with Crippen LogP contribution in [0, 0.1) is 3.57 Å². The maximum atomic E-state index is 13.1. The van der Waals surface area contributed by atoms with E-state index < -0.39 is 11.9 Å². The minimum absolute atomic E-state index is 0.00629. The Morgan fingerprint density at radius 1 is 1.09 bits per heavy atom. The van der Waals surface area contributed by atoms with E-state index in [-0.39, 0.29) is 30.7 Å². The van der Waals surface area contributed by atoms with Crippen LogP contribution in [0.5, 0.6) is 0 Å². The third kappa shape index (κ3) is 3.74. The van der Waals surface area contributed by atoms with E-state index in [1.54, 1.807) is 6.07 Å². The van der Waals surface area contributed by atoms with Gasteiger partial charge in [0, 0.05) is 40.9 Å². The van der Waals surface area contributed by atoms with Crippen molar-refractivity contribution in [2.75, 3.05) is 11.9 Å². The molecule has 4 amide bonds. The van der Waals surface area contributed by atoms with Gasteiger partial charge in [-0.25, -0.2) is 0 Å². The lowest BCUT2D eigenvalue weighted by Gasteiger charge is -2.29. The number of imide groups is 1. The minimum atomic E-state index is -0.641. The molecule has 9 heteroatoms. The Bertz CT molecular complexity index is 1140. The Labute approximate surface area is 198 Å². The Morgan fingerprint density at radius 3 is 2.50 bits per heavy atom. The monoisotopic (exact) mass is 544 g/mol. The van der Waals surface area contributed by atoms with E-state index in [0.717, 1.165) is 9.13 Å². The normalized spacial score (nSPS) is 19.7. The highest BCUT2D eigenvalue weighted by atomic mass is 127. The van der Waals surface area contributed by atoms with Gasteiger partial charge in [-0.3, -0.25) is 24.5 Å². The number of amides is 4. The predicted octanol–water partition coefficient (Wildman–Crippen LogP) is 2.01. The number of nitrogens with one attached hydrogen (secondary N) is 2. The lowest BCUT2D eigenvalue weighted by molar-refractivity contribution is -0.137. The zero-order valence-electron chi connectivity index (χ0n) is 17.2. The fraction of sp³-hybridized carbons (Fsp3) is 0.304. The molecule has 0 radical (unpaired) electrons. The Morgan fingerprint density at radius 2 is 1.81 bits per heavy atom. The lowest BCUT2D eigenvalue weighted by atomic mass is 10.0. The molecule has 3 aliphatic rings.